The zero-order valence-corrected chi connectivity index (χ0v) is 11.2. The number of nitrogens with one attached hydrogen (secondary N) is 1. The molecule has 0 aromatic heterocycles. The summed E-state index contributed by atoms with van der Waals surface area (Å²) in [7, 11) is -2.95. The largest absolute Gasteiger partial charge is 0.352 e. The molecule has 0 radical (unpaired) electrons. The summed E-state index contributed by atoms with van der Waals surface area (Å²) in [4.78, 5) is 11.7. The normalized spacial score (nSPS) is 21.2. The third-order valence-electron chi connectivity index (χ3n) is 3.23. The summed E-state index contributed by atoms with van der Waals surface area (Å²) < 4.78 is 35.8. The lowest BCUT2D eigenvalue weighted by molar-refractivity contribution is -0.122. The molecule has 0 unspecified atom stereocenters. The molecule has 19 heavy (non-hydrogen) atoms. The Kier molecular flexibility index (Phi) is 4.19. The molecule has 6 heteroatoms. The number of amides is 1. The Balaban J connectivity index is 1.81. The molecule has 0 spiro atoms. The van der Waals surface area contributed by atoms with Gasteiger partial charge >= 0.3 is 0 Å². The van der Waals surface area contributed by atoms with Crippen LogP contribution in [0.25, 0.3) is 0 Å². The molecule has 1 N–H and O–H groups in total. The SMILES string of the molecule is O=C(C[C@H]1CCS(=O)(=O)C1)NCc1ccccc1F. The molecule has 1 aromatic carbocycles. The molecule has 1 aromatic rings. The molecule has 1 heterocycles. The van der Waals surface area contributed by atoms with Crippen molar-refractivity contribution in [3.63, 3.8) is 0 Å². The molecular weight excluding hydrogens is 269 g/mol. The maximum Gasteiger partial charge on any atom is 0.220 e. The Morgan fingerprint density at radius 1 is 1.37 bits per heavy atom. The van der Waals surface area contributed by atoms with Gasteiger partial charge < -0.3 is 5.32 Å². The van der Waals surface area contributed by atoms with Crippen LogP contribution in [0.1, 0.15) is 18.4 Å². The summed E-state index contributed by atoms with van der Waals surface area (Å²) in [6, 6.07) is 6.23. The number of benzene rings is 1. The maximum atomic E-state index is 13.3. The van der Waals surface area contributed by atoms with Crippen molar-refractivity contribution in [1.82, 2.24) is 5.32 Å². The number of carbonyl (C=O) groups excluding carboxylic acids is 1. The summed E-state index contributed by atoms with van der Waals surface area (Å²) in [5.74, 6) is -0.444. The van der Waals surface area contributed by atoms with E-state index in [4.69, 9.17) is 0 Å². The van der Waals surface area contributed by atoms with Crippen LogP contribution in [0, 0.1) is 11.7 Å². The van der Waals surface area contributed by atoms with E-state index in [1.807, 2.05) is 0 Å². The van der Waals surface area contributed by atoms with Gasteiger partial charge in [-0.1, -0.05) is 18.2 Å². The van der Waals surface area contributed by atoms with Crippen molar-refractivity contribution < 1.29 is 17.6 Å². The predicted molar refractivity (Wildman–Crippen MR) is 69.6 cm³/mol. The molecule has 1 aliphatic heterocycles. The van der Waals surface area contributed by atoms with E-state index in [9.17, 15) is 17.6 Å². The van der Waals surface area contributed by atoms with Gasteiger partial charge in [0.25, 0.3) is 0 Å². The number of rotatable bonds is 4. The van der Waals surface area contributed by atoms with Crippen molar-refractivity contribution in [2.45, 2.75) is 19.4 Å². The quantitative estimate of drug-likeness (QED) is 0.906. The first kappa shape index (κ1) is 14.0. The van der Waals surface area contributed by atoms with Gasteiger partial charge in [-0.25, -0.2) is 12.8 Å². The Labute approximate surface area is 111 Å². The fraction of sp³-hybridized carbons (Fsp3) is 0.462. The molecule has 1 atom stereocenters. The highest BCUT2D eigenvalue weighted by Crippen LogP contribution is 2.21. The Hall–Kier alpha value is -1.43. The highest BCUT2D eigenvalue weighted by atomic mass is 32.2. The van der Waals surface area contributed by atoms with E-state index in [1.165, 1.54) is 6.07 Å². The summed E-state index contributed by atoms with van der Waals surface area (Å²) >= 11 is 0. The van der Waals surface area contributed by atoms with Crippen molar-refractivity contribution in [2.75, 3.05) is 11.5 Å². The van der Waals surface area contributed by atoms with Crippen LogP contribution >= 0.6 is 0 Å². The summed E-state index contributed by atoms with van der Waals surface area (Å²) in [5.41, 5.74) is 0.426. The monoisotopic (exact) mass is 285 g/mol. The number of sulfone groups is 1. The maximum absolute atomic E-state index is 13.3. The molecule has 4 nitrogen and oxygen atoms in total. The average molecular weight is 285 g/mol. The van der Waals surface area contributed by atoms with E-state index in [0.717, 1.165) is 0 Å². The highest BCUT2D eigenvalue weighted by Gasteiger charge is 2.29. The van der Waals surface area contributed by atoms with E-state index >= 15 is 0 Å². The molecule has 1 saturated heterocycles. The van der Waals surface area contributed by atoms with Crippen LogP contribution in [0.2, 0.25) is 0 Å². The minimum atomic E-state index is -2.95. The van der Waals surface area contributed by atoms with Crippen molar-refractivity contribution in [3.05, 3.63) is 35.6 Å². The molecule has 0 aliphatic carbocycles. The van der Waals surface area contributed by atoms with E-state index in [-0.39, 0.29) is 42.1 Å². The summed E-state index contributed by atoms with van der Waals surface area (Å²) in [6.45, 7) is 0.130. The van der Waals surface area contributed by atoms with Crippen molar-refractivity contribution in [2.24, 2.45) is 5.92 Å². The van der Waals surface area contributed by atoms with E-state index in [0.29, 0.717) is 12.0 Å². The van der Waals surface area contributed by atoms with Crippen molar-refractivity contribution >= 4 is 15.7 Å². The van der Waals surface area contributed by atoms with E-state index < -0.39 is 9.84 Å². The van der Waals surface area contributed by atoms with E-state index in [2.05, 4.69) is 5.32 Å². The van der Waals surface area contributed by atoms with Crippen molar-refractivity contribution in [3.8, 4) is 0 Å². The van der Waals surface area contributed by atoms with Crippen LogP contribution in [0.4, 0.5) is 4.39 Å². The van der Waals surface area contributed by atoms with Crippen LogP contribution in [0.3, 0.4) is 0 Å². The van der Waals surface area contributed by atoms with Gasteiger partial charge in [0.1, 0.15) is 5.82 Å². The van der Waals surface area contributed by atoms with Crippen LogP contribution in [-0.2, 0) is 21.2 Å². The first-order valence-corrected chi connectivity index (χ1v) is 7.99. The number of carbonyl (C=O) groups is 1. The topological polar surface area (TPSA) is 63.2 Å². The van der Waals surface area contributed by atoms with Gasteiger partial charge in [-0.3, -0.25) is 4.79 Å². The van der Waals surface area contributed by atoms with Crippen LogP contribution in [-0.4, -0.2) is 25.8 Å². The van der Waals surface area contributed by atoms with Gasteiger partial charge in [0.15, 0.2) is 9.84 Å². The third kappa shape index (κ3) is 4.02. The molecule has 1 aliphatic rings. The van der Waals surface area contributed by atoms with Gasteiger partial charge in [-0.15, -0.1) is 0 Å². The average Bonchev–Trinajstić information content (AvgIpc) is 2.67. The van der Waals surface area contributed by atoms with Crippen LogP contribution in [0.15, 0.2) is 24.3 Å². The number of halogens is 1. The van der Waals surface area contributed by atoms with Gasteiger partial charge in [-0.05, 0) is 18.4 Å². The van der Waals surface area contributed by atoms with Crippen LogP contribution in [0.5, 0.6) is 0 Å². The second-order valence-electron chi connectivity index (χ2n) is 4.84. The van der Waals surface area contributed by atoms with Gasteiger partial charge in [0.2, 0.25) is 5.91 Å². The lowest BCUT2D eigenvalue weighted by atomic mass is 10.0. The summed E-state index contributed by atoms with van der Waals surface area (Å²) in [5, 5.41) is 2.62. The van der Waals surface area contributed by atoms with E-state index in [1.54, 1.807) is 18.2 Å². The zero-order chi connectivity index (χ0) is 13.9. The number of hydrogen-bond donors (Lipinski definition) is 1. The molecular formula is C13H16FNO3S. The second kappa shape index (κ2) is 5.69. The van der Waals surface area contributed by atoms with Gasteiger partial charge in [0, 0.05) is 18.5 Å². The smallest absolute Gasteiger partial charge is 0.220 e. The number of hydrogen-bond acceptors (Lipinski definition) is 3. The molecule has 0 bridgehead atoms. The molecule has 104 valence electrons. The Morgan fingerprint density at radius 3 is 2.74 bits per heavy atom. The van der Waals surface area contributed by atoms with Crippen molar-refractivity contribution in [1.29, 1.82) is 0 Å². The molecule has 2 rings (SSSR count). The van der Waals surface area contributed by atoms with Gasteiger partial charge in [0.05, 0.1) is 11.5 Å². The summed E-state index contributed by atoms with van der Waals surface area (Å²) in [6.07, 6.45) is 0.725. The minimum absolute atomic E-state index is 0.0835. The lowest BCUT2D eigenvalue weighted by Gasteiger charge is -2.09. The molecule has 1 fully saturated rings. The Morgan fingerprint density at radius 2 is 2.11 bits per heavy atom. The standard InChI is InChI=1S/C13H16FNO3S/c14-12-4-2-1-3-11(12)8-15-13(16)7-10-5-6-19(17,18)9-10/h1-4,10H,5-9H2,(H,15,16)/t10-/m1/s1. The first-order chi connectivity index (χ1) is 8.96. The Bertz CT molecular complexity index is 571. The first-order valence-electron chi connectivity index (χ1n) is 6.17. The van der Waals surface area contributed by atoms with Gasteiger partial charge in [-0.2, -0.15) is 0 Å². The fourth-order valence-electron chi connectivity index (χ4n) is 2.20. The lowest BCUT2D eigenvalue weighted by Crippen LogP contribution is -2.25. The molecule has 1 amide bonds. The second-order valence-corrected chi connectivity index (χ2v) is 7.07. The van der Waals surface area contributed by atoms with Crippen LogP contribution < -0.4 is 5.32 Å². The predicted octanol–water partition coefficient (Wildman–Crippen LogP) is 1.27. The third-order valence-corrected chi connectivity index (χ3v) is 5.07. The highest BCUT2D eigenvalue weighted by molar-refractivity contribution is 7.91. The minimum Gasteiger partial charge on any atom is -0.352 e. The molecule has 0 saturated carbocycles. The zero-order valence-electron chi connectivity index (χ0n) is 10.4. The fourth-order valence-corrected chi connectivity index (χ4v) is 4.06.